The maximum Gasteiger partial charge on any atom is 0.329 e. The van der Waals surface area contributed by atoms with Crippen molar-refractivity contribution >= 4 is 35.2 Å². The van der Waals surface area contributed by atoms with E-state index >= 15 is 0 Å². The van der Waals surface area contributed by atoms with Gasteiger partial charge in [-0.2, -0.15) is 0 Å². The molecule has 0 radical (unpaired) electrons. The number of rotatable bonds is 7. The Morgan fingerprint density at radius 2 is 2.12 bits per heavy atom. The molecular formula is C18H24ClNO3S. The molecule has 0 N–H and O–H groups in total. The Balaban J connectivity index is 2.16. The smallest absolute Gasteiger partial charge is 0.329 e. The van der Waals surface area contributed by atoms with Crippen LogP contribution in [-0.4, -0.2) is 35.7 Å². The Morgan fingerprint density at radius 1 is 1.33 bits per heavy atom. The third kappa shape index (κ3) is 4.67. The lowest BCUT2D eigenvalue weighted by molar-refractivity contribution is -0.151. The van der Waals surface area contributed by atoms with Crippen LogP contribution in [0.1, 0.15) is 50.0 Å². The SMILES string of the molecule is CCCCCCC(=O)N1C(C(=O)OC)CSC1c1cccc(Cl)c1. The van der Waals surface area contributed by atoms with E-state index in [0.29, 0.717) is 17.2 Å². The molecular weight excluding hydrogens is 346 g/mol. The van der Waals surface area contributed by atoms with Gasteiger partial charge in [0.05, 0.1) is 7.11 Å². The zero-order valence-corrected chi connectivity index (χ0v) is 15.7. The molecule has 24 heavy (non-hydrogen) atoms. The summed E-state index contributed by atoms with van der Waals surface area (Å²) in [5.41, 5.74) is 0.945. The average molecular weight is 370 g/mol. The minimum Gasteiger partial charge on any atom is -0.467 e. The molecule has 0 saturated carbocycles. The normalized spacial score (nSPS) is 20.2. The van der Waals surface area contributed by atoms with E-state index < -0.39 is 6.04 Å². The van der Waals surface area contributed by atoms with E-state index in [4.69, 9.17) is 16.3 Å². The summed E-state index contributed by atoms with van der Waals surface area (Å²) in [5, 5.41) is 0.441. The lowest BCUT2D eigenvalue weighted by atomic mass is 10.1. The summed E-state index contributed by atoms with van der Waals surface area (Å²) >= 11 is 7.67. The fourth-order valence-corrected chi connectivity index (χ4v) is 4.50. The van der Waals surface area contributed by atoms with Gasteiger partial charge in [-0.15, -0.1) is 11.8 Å². The van der Waals surface area contributed by atoms with Gasteiger partial charge in [-0.05, 0) is 24.1 Å². The van der Waals surface area contributed by atoms with E-state index in [1.165, 1.54) is 7.11 Å². The molecule has 2 unspecified atom stereocenters. The van der Waals surface area contributed by atoms with Crippen LogP contribution in [0.15, 0.2) is 24.3 Å². The largest absolute Gasteiger partial charge is 0.467 e. The van der Waals surface area contributed by atoms with Crippen molar-refractivity contribution in [3.63, 3.8) is 0 Å². The van der Waals surface area contributed by atoms with Gasteiger partial charge < -0.3 is 9.64 Å². The predicted octanol–water partition coefficient (Wildman–Crippen LogP) is 4.43. The van der Waals surface area contributed by atoms with Crippen molar-refractivity contribution in [2.75, 3.05) is 12.9 Å². The first kappa shape index (κ1) is 19.1. The fraction of sp³-hybridized carbons (Fsp3) is 0.556. The van der Waals surface area contributed by atoms with Gasteiger partial charge >= 0.3 is 5.97 Å². The van der Waals surface area contributed by atoms with Crippen molar-refractivity contribution in [3.8, 4) is 0 Å². The van der Waals surface area contributed by atoms with Gasteiger partial charge in [-0.3, -0.25) is 4.79 Å². The minimum atomic E-state index is -0.525. The third-order valence-corrected chi connectivity index (χ3v) is 5.70. The van der Waals surface area contributed by atoms with Crippen molar-refractivity contribution in [2.45, 2.75) is 50.4 Å². The Bertz CT molecular complexity index is 581. The quantitative estimate of drug-likeness (QED) is 0.527. The van der Waals surface area contributed by atoms with Gasteiger partial charge in [0, 0.05) is 17.2 Å². The second-order valence-electron chi connectivity index (χ2n) is 5.89. The molecule has 0 aliphatic carbocycles. The Morgan fingerprint density at radius 3 is 2.79 bits per heavy atom. The molecule has 2 atom stereocenters. The van der Waals surface area contributed by atoms with E-state index in [1.807, 2.05) is 18.2 Å². The first-order valence-corrected chi connectivity index (χ1v) is 9.77. The summed E-state index contributed by atoms with van der Waals surface area (Å²) in [7, 11) is 1.36. The molecule has 1 aromatic rings. The highest BCUT2D eigenvalue weighted by Crippen LogP contribution is 2.42. The molecule has 4 nitrogen and oxygen atoms in total. The van der Waals surface area contributed by atoms with Crippen LogP contribution < -0.4 is 0 Å². The van der Waals surface area contributed by atoms with Gasteiger partial charge in [-0.1, -0.05) is 49.9 Å². The Hall–Kier alpha value is -1.20. The number of esters is 1. The number of hydrogen-bond acceptors (Lipinski definition) is 4. The van der Waals surface area contributed by atoms with Crippen LogP contribution in [0.25, 0.3) is 0 Å². The van der Waals surface area contributed by atoms with Crippen molar-refractivity contribution in [3.05, 3.63) is 34.9 Å². The summed E-state index contributed by atoms with van der Waals surface area (Å²) in [6.45, 7) is 2.14. The number of benzene rings is 1. The molecule has 1 aromatic carbocycles. The van der Waals surface area contributed by atoms with Crippen LogP contribution in [0.2, 0.25) is 5.02 Å². The molecule has 1 heterocycles. The molecule has 1 saturated heterocycles. The summed E-state index contributed by atoms with van der Waals surface area (Å²) in [6.07, 6.45) is 4.60. The maximum atomic E-state index is 12.8. The van der Waals surface area contributed by atoms with E-state index in [0.717, 1.165) is 31.2 Å². The molecule has 0 spiro atoms. The fourth-order valence-electron chi connectivity index (χ4n) is 2.88. The molecule has 1 aliphatic heterocycles. The van der Waals surface area contributed by atoms with E-state index in [1.54, 1.807) is 22.7 Å². The first-order chi connectivity index (χ1) is 11.6. The molecule has 6 heteroatoms. The second kappa shape index (κ2) is 9.33. The van der Waals surface area contributed by atoms with Crippen molar-refractivity contribution in [2.24, 2.45) is 0 Å². The highest BCUT2D eigenvalue weighted by molar-refractivity contribution is 7.99. The first-order valence-electron chi connectivity index (χ1n) is 8.34. The topological polar surface area (TPSA) is 46.6 Å². The molecule has 1 fully saturated rings. The number of nitrogens with zero attached hydrogens (tertiary/aromatic N) is 1. The lowest BCUT2D eigenvalue weighted by Crippen LogP contribution is -2.43. The van der Waals surface area contributed by atoms with Crippen molar-refractivity contribution < 1.29 is 14.3 Å². The standard InChI is InChI=1S/C18H24ClNO3S/c1-3-4-5-6-10-16(21)20-15(18(22)23-2)12-24-17(20)13-8-7-9-14(19)11-13/h7-9,11,15,17H,3-6,10,12H2,1-2H3. The van der Waals surface area contributed by atoms with E-state index in [2.05, 4.69) is 6.92 Å². The number of unbranched alkanes of at least 4 members (excludes halogenated alkanes) is 3. The van der Waals surface area contributed by atoms with E-state index in [-0.39, 0.29) is 17.3 Å². The van der Waals surface area contributed by atoms with Crippen LogP contribution in [0.5, 0.6) is 0 Å². The maximum absolute atomic E-state index is 12.8. The second-order valence-corrected chi connectivity index (χ2v) is 7.44. The van der Waals surface area contributed by atoms with Crippen LogP contribution in [0, 0.1) is 0 Å². The molecule has 0 bridgehead atoms. The average Bonchev–Trinajstić information content (AvgIpc) is 3.03. The minimum absolute atomic E-state index is 0.0106. The predicted molar refractivity (Wildman–Crippen MR) is 98.1 cm³/mol. The van der Waals surface area contributed by atoms with Crippen LogP contribution in [-0.2, 0) is 14.3 Å². The number of methoxy groups -OCH3 is 1. The Kier molecular flexibility index (Phi) is 7.43. The monoisotopic (exact) mass is 369 g/mol. The third-order valence-electron chi connectivity index (χ3n) is 4.14. The molecule has 2 rings (SSSR count). The lowest BCUT2D eigenvalue weighted by Gasteiger charge is -2.28. The number of carbonyl (C=O) groups excluding carboxylic acids is 2. The Labute approximate surface area is 152 Å². The van der Waals surface area contributed by atoms with Crippen LogP contribution in [0.4, 0.5) is 0 Å². The van der Waals surface area contributed by atoms with E-state index in [9.17, 15) is 9.59 Å². The molecule has 0 aromatic heterocycles. The number of ether oxygens (including phenoxy) is 1. The van der Waals surface area contributed by atoms with Gasteiger partial charge in [0.25, 0.3) is 0 Å². The number of halogens is 1. The highest BCUT2D eigenvalue weighted by atomic mass is 35.5. The van der Waals surface area contributed by atoms with Crippen LogP contribution in [0.3, 0.4) is 0 Å². The van der Waals surface area contributed by atoms with Gasteiger partial charge in [0.1, 0.15) is 11.4 Å². The zero-order chi connectivity index (χ0) is 17.5. The molecule has 1 amide bonds. The van der Waals surface area contributed by atoms with Gasteiger partial charge in [0.15, 0.2) is 0 Å². The van der Waals surface area contributed by atoms with Gasteiger partial charge in [0.2, 0.25) is 5.91 Å². The number of thioether (sulfide) groups is 1. The van der Waals surface area contributed by atoms with Crippen molar-refractivity contribution in [1.82, 2.24) is 4.90 Å². The molecule has 132 valence electrons. The molecule has 1 aliphatic rings. The highest BCUT2D eigenvalue weighted by Gasteiger charge is 2.42. The summed E-state index contributed by atoms with van der Waals surface area (Å²) < 4.78 is 4.89. The zero-order valence-electron chi connectivity index (χ0n) is 14.2. The van der Waals surface area contributed by atoms with Crippen LogP contribution >= 0.6 is 23.4 Å². The van der Waals surface area contributed by atoms with Gasteiger partial charge in [-0.25, -0.2) is 4.79 Å². The summed E-state index contributed by atoms with van der Waals surface area (Å²) in [6, 6.07) is 6.95. The summed E-state index contributed by atoms with van der Waals surface area (Å²) in [4.78, 5) is 26.6. The van der Waals surface area contributed by atoms with Crippen molar-refractivity contribution in [1.29, 1.82) is 0 Å². The number of amides is 1. The summed E-state index contributed by atoms with van der Waals surface area (Å²) in [5.74, 6) is 0.204. The number of hydrogen-bond donors (Lipinski definition) is 0. The number of carbonyl (C=O) groups is 2.